The summed E-state index contributed by atoms with van der Waals surface area (Å²) in [5.74, 6) is 0.922. The van der Waals surface area contributed by atoms with E-state index in [-0.39, 0.29) is 5.91 Å². The van der Waals surface area contributed by atoms with Crippen LogP contribution in [-0.2, 0) is 15.8 Å². The van der Waals surface area contributed by atoms with Crippen molar-refractivity contribution >= 4 is 16.9 Å². The number of hydrogen-bond acceptors (Lipinski definition) is 3. The van der Waals surface area contributed by atoms with Gasteiger partial charge in [0.2, 0.25) is 5.91 Å². The van der Waals surface area contributed by atoms with Crippen molar-refractivity contribution in [3.05, 3.63) is 0 Å². The van der Waals surface area contributed by atoms with Crippen LogP contribution in [0.15, 0.2) is 0 Å². The van der Waals surface area contributed by atoms with Crippen LogP contribution in [0.2, 0.25) is 0 Å². The molecule has 0 aromatic rings. The molecule has 0 bridgehead atoms. The van der Waals surface area contributed by atoms with Gasteiger partial charge in [0.05, 0.1) is 17.5 Å². The fourth-order valence-corrected chi connectivity index (χ4v) is 1.84. The summed E-state index contributed by atoms with van der Waals surface area (Å²) in [6.45, 7) is 4.36. The van der Waals surface area contributed by atoms with Gasteiger partial charge in [-0.25, -0.2) is 8.51 Å². The molecule has 1 unspecified atom stereocenters. The molecule has 0 spiro atoms. The zero-order valence-electron chi connectivity index (χ0n) is 10.7. The minimum atomic E-state index is -0.738. The highest BCUT2D eigenvalue weighted by Gasteiger charge is 2.10. The van der Waals surface area contributed by atoms with E-state index in [2.05, 4.69) is 5.32 Å². The van der Waals surface area contributed by atoms with E-state index in [1.165, 1.54) is 0 Å². The van der Waals surface area contributed by atoms with E-state index in [9.17, 15) is 9.00 Å². The van der Waals surface area contributed by atoms with Crippen LogP contribution in [-0.4, -0.2) is 65.9 Å². The fraction of sp³-hybridized carbons (Fsp3) is 0.900. The largest absolute Gasteiger partial charge is 0.354 e. The summed E-state index contributed by atoms with van der Waals surface area (Å²) < 4.78 is 12.5. The van der Waals surface area contributed by atoms with Gasteiger partial charge < -0.3 is 5.32 Å². The molecular weight excluding hydrogens is 226 g/mol. The molecule has 5 nitrogen and oxygen atoms in total. The van der Waals surface area contributed by atoms with E-state index in [0.29, 0.717) is 6.54 Å². The number of likely N-dealkylation sites (N-methyl/N-ethyl adjacent to an activating group) is 1. The van der Waals surface area contributed by atoms with Gasteiger partial charge in [0.1, 0.15) is 0 Å². The topological polar surface area (TPSA) is 52.7 Å². The second-order valence-corrected chi connectivity index (χ2v) is 5.71. The van der Waals surface area contributed by atoms with E-state index in [1.807, 2.05) is 33.0 Å². The normalized spacial score (nSPS) is 18.7. The fourth-order valence-electron chi connectivity index (χ4n) is 1.12. The average molecular weight is 249 g/mol. The van der Waals surface area contributed by atoms with Gasteiger partial charge in [-0.2, -0.15) is 0 Å². The van der Waals surface area contributed by atoms with Gasteiger partial charge in [-0.1, -0.05) is 6.92 Å². The van der Waals surface area contributed by atoms with Crippen molar-refractivity contribution in [1.82, 2.24) is 14.5 Å². The van der Waals surface area contributed by atoms with Crippen LogP contribution in [0.25, 0.3) is 0 Å². The first-order valence-corrected chi connectivity index (χ1v) is 6.76. The lowest BCUT2D eigenvalue weighted by atomic mass is 10.4. The van der Waals surface area contributed by atoms with E-state index < -0.39 is 11.0 Å². The Morgan fingerprint density at radius 2 is 2.12 bits per heavy atom. The molecule has 1 atom stereocenters. The van der Waals surface area contributed by atoms with Crippen molar-refractivity contribution in [1.29, 1.82) is 0 Å². The second kappa shape index (κ2) is 8.66. The molecule has 0 radical (unpaired) electrons. The summed E-state index contributed by atoms with van der Waals surface area (Å²) in [4.78, 5) is 12.5. The number of piperazine rings is 1. The van der Waals surface area contributed by atoms with Crippen LogP contribution in [0.4, 0.5) is 0 Å². The Bertz CT molecular complexity index is 234. The molecule has 1 heterocycles. The van der Waals surface area contributed by atoms with E-state index in [4.69, 9.17) is 0 Å². The monoisotopic (exact) mass is 249 g/mol. The SMILES string of the molecule is CCCS(=O)N(C)C.CN1CCNC(=O)C1. The maximum Gasteiger partial charge on any atom is 0.234 e. The highest BCUT2D eigenvalue weighted by Crippen LogP contribution is 1.88. The van der Waals surface area contributed by atoms with E-state index in [0.717, 1.165) is 25.3 Å². The third kappa shape index (κ3) is 7.78. The van der Waals surface area contributed by atoms with Crippen LogP contribution in [0.3, 0.4) is 0 Å². The van der Waals surface area contributed by atoms with Crippen molar-refractivity contribution in [2.45, 2.75) is 13.3 Å². The van der Waals surface area contributed by atoms with Crippen LogP contribution < -0.4 is 5.32 Å². The van der Waals surface area contributed by atoms with Gasteiger partial charge in [0.15, 0.2) is 0 Å². The standard InChI is InChI=1S/C5H10N2O.C5H13NOS/c1-7-3-2-6-5(8)4-7;1-4-5-8(7)6(2)3/h2-4H2,1H3,(H,6,8);4-5H2,1-3H3. The third-order valence-corrected chi connectivity index (χ3v) is 3.59. The summed E-state index contributed by atoms with van der Waals surface area (Å²) in [6.07, 6.45) is 0.991. The van der Waals surface area contributed by atoms with Crippen LogP contribution in [0, 0.1) is 0 Å². The van der Waals surface area contributed by atoms with Crippen molar-refractivity contribution in [2.75, 3.05) is 46.5 Å². The molecule has 6 heteroatoms. The lowest BCUT2D eigenvalue weighted by Crippen LogP contribution is -2.45. The first-order chi connectivity index (χ1) is 7.47. The Kier molecular flexibility index (Phi) is 8.42. The predicted octanol–water partition coefficient (Wildman–Crippen LogP) is -0.330. The number of hydrogen-bond donors (Lipinski definition) is 1. The van der Waals surface area contributed by atoms with Crippen LogP contribution >= 0.6 is 0 Å². The Labute approximate surface area is 101 Å². The smallest absolute Gasteiger partial charge is 0.234 e. The minimum absolute atomic E-state index is 0.138. The molecule has 1 rings (SSSR count). The molecule has 1 saturated heterocycles. The molecule has 1 amide bonds. The van der Waals surface area contributed by atoms with E-state index >= 15 is 0 Å². The molecule has 96 valence electrons. The second-order valence-electron chi connectivity index (χ2n) is 3.93. The molecule has 1 N–H and O–H groups in total. The number of carbonyl (C=O) groups is 1. The number of rotatable bonds is 3. The Balaban J connectivity index is 0.000000281. The van der Waals surface area contributed by atoms with Crippen molar-refractivity contribution in [3.63, 3.8) is 0 Å². The summed E-state index contributed by atoms with van der Waals surface area (Å²) in [5.41, 5.74) is 0. The Morgan fingerprint density at radius 1 is 1.50 bits per heavy atom. The lowest BCUT2D eigenvalue weighted by Gasteiger charge is -2.21. The van der Waals surface area contributed by atoms with Crippen LogP contribution in [0.5, 0.6) is 0 Å². The molecule has 1 fully saturated rings. The molecular formula is C10H23N3O2S. The Morgan fingerprint density at radius 3 is 2.38 bits per heavy atom. The van der Waals surface area contributed by atoms with Crippen molar-refractivity contribution in [2.24, 2.45) is 0 Å². The molecule has 0 aromatic carbocycles. The number of carbonyl (C=O) groups excluding carboxylic acids is 1. The summed E-state index contributed by atoms with van der Waals surface area (Å²) in [7, 11) is 4.86. The number of amides is 1. The maximum absolute atomic E-state index is 10.8. The quantitative estimate of drug-likeness (QED) is 0.745. The molecule has 0 saturated carbocycles. The predicted molar refractivity (Wildman–Crippen MR) is 67.5 cm³/mol. The lowest BCUT2D eigenvalue weighted by molar-refractivity contribution is -0.123. The van der Waals surface area contributed by atoms with Crippen molar-refractivity contribution in [3.8, 4) is 0 Å². The van der Waals surface area contributed by atoms with Gasteiger partial charge in [-0.15, -0.1) is 0 Å². The maximum atomic E-state index is 10.8. The number of nitrogens with zero attached hydrogens (tertiary/aromatic N) is 2. The summed E-state index contributed by atoms with van der Waals surface area (Å²) >= 11 is 0. The van der Waals surface area contributed by atoms with Gasteiger partial charge in [-0.05, 0) is 27.6 Å². The molecule has 16 heavy (non-hydrogen) atoms. The highest BCUT2D eigenvalue weighted by molar-refractivity contribution is 7.82. The molecule has 1 aliphatic rings. The zero-order chi connectivity index (χ0) is 12.6. The highest BCUT2D eigenvalue weighted by atomic mass is 32.2. The minimum Gasteiger partial charge on any atom is -0.354 e. The zero-order valence-corrected chi connectivity index (χ0v) is 11.5. The van der Waals surface area contributed by atoms with Gasteiger partial charge in [-0.3, -0.25) is 9.69 Å². The molecule has 0 aliphatic carbocycles. The molecule has 1 aliphatic heterocycles. The van der Waals surface area contributed by atoms with E-state index in [1.54, 1.807) is 4.31 Å². The first-order valence-electron chi connectivity index (χ1n) is 5.48. The van der Waals surface area contributed by atoms with Gasteiger partial charge >= 0.3 is 0 Å². The summed E-state index contributed by atoms with van der Waals surface area (Å²) in [5, 5.41) is 2.73. The van der Waals surface area contributed by atoms with Gasteiger partial charge in [0, 0.05) is 18.8 Å². The first kappa shape index (κ1) is 15.5. The van der Waals surface area contributed by atoms with Crippen LogP contribution in [0.1, 0.15) is 13.3 Å². The summed E-state index contributed by atoms with van der Waals surface area (Å²) in [6, 6.07) is 0. The molecule has 0 aromatic heterocycles. The van der Waals surface area contributed by atoms with Crippen molar-refractivity contribution < 1.29 is 9.00 Å². The number of nitrogens with one attached hydrogen (secondary N) is 1. The van der Waals surface area contributed by atoms with Gasteiger partial charge in [0.25, 0.3) is 0 Å². The average Bonchev–Trinajstić information content (AvgIpc) is 2.18. The Hall–Kier alpha value is -0.460. The third-order valence-electron chi connectivity index (χ3n) is 2.02.